The third-order valence-electron chi connectivity index (χ3n) is 10.7. The molecule has 0 fully saturated rings. The SMILES string of the molecule is N#Cc1ccc(-c2ccc(CC(NC(=O)[C@@H]3Cc4cc5c(cc4CN3C(=O)c3ccc(F)cc3)O[C@@H](c3ccc(OCc4ccc(Cl)c(Cl)c4)cc3)CO5)C(=O)O)cc2)cc1. The number of halogens is 3. The lowest BCUT2D eigenvalue weighted by Gasteiger charge is -2.37. The molecule has 3 atom stereocenters. The Morgan fingerprint density at radius 3 is 2.18 bits per heavy atom. The summed E-state index contributed by atoms with van der Waals surface area (Å²) in [5.41, 5.74) is 6.32. The Balaban J connectivity index is 0.983. The van der Waals surface area contributed by atoms with E-state index in [4.69, 9.17) is 42.7 Å². The first-order valence-electron chi connectivity index (χ1n) is 19.3. The Labute approximate surface area is 360 Å². The summed E-state index contributed by atoms with van der Waals surface area (Å²) in [6, 6.07) is 35.5. The second kappa shape index (κ2) is 17.8. The zero-order valence-corrected chi connectivity index (χ0v) is 33.8. The molecule has 0 saturated heterocycles. The molecular weight excluding hydrogens is 820 g/mol. The van der Waals surface area contributed by atoms with Crippen LogP contribution in [0.25, 0.3) is 11.1 Å². The second-order valence-corrected chi connectivity index (χ2v) is 15.6. The fourth-order valence-corrected chi connectivity index (χ4v) is 7.69. The van der Waals surface area contributed by atoms with Crippen LogP contribution in [0.2, 0.25) is 10.0 Å². The third kappa shape index (κ3) is 9.31. The number of hydrogen-bond donors (Lipinski definition) is 2. The zero-order chi connectivity index (χ0) is 42.6. The van der Waals surface area contributed by atoms with E-state index in [1.807, 2.05) is 54.6 Å². The lowest BCUT2D eigenvalue weighted by Crippen LogP contribution is -2.56. The monoisotopic (exact) mass is 855 g/mol. The first-order valence-corrected chi connectivity index (χ1v) is 20.1. The highest BCUT2D eigenvalue weighted by Crippen LogP contribution is 2.41. The van der Waals surface area contributed by atoms with Gasteiger partial charge in [0.1, 0.15) is 36.9 Å². The third-order valence-corrected chi connectivity index (χ3v) is 11.4. The molecule has 13 heteroatoms. The number of nitrogens with one attached hydrogen (secondary N) is 1. The molecule has 2 heterocycles. The summed E-state index contributed by atoms with van der Waals surface area (Å²) in [6.45, 7) is 0.506. The molecular formula is C48H36Cl2FN3O7. The van der Waals surface area contributed by atoms with Crippen molar-refractivity contribution in [3.63, 3.8) is 0 Å². The predicted molar refractivity (Wildman–Crippen MR) is 226 cm³/mol. The number of carbonyl (C=O) groups excluding carboxylic acids is 2. The zero-order valence-electron chi connectivity index (χ0n) is 32.3. The van der Waals surface area contributed by atoms with Gasteiger partial charge in [0.25, 0.3) is 5.91 Å². The Kier molecular flexibility index (Phi) is 11.9. The van der Waals surface area contributed by atoms with E-state index in [-0.39, 0.29) is 31.6 Å². The van der Waals surface area contributed by atoms with Gasteiger partial charge in [0.15, 0.2) is 17.6 Å². The quantitative estimate of drug-likeness (QED) is 0.132. The Hall–Kier alpha value is -6.87. The van der Waals surface area contributed by atoms with E-state index in [2.05, 4.69) is 11.4 Å². The lowest BCUT2D eigenvalue weighted by molar-refractivity contribution is -0.142. The van der Waals surface area contributed by atoms with Crippen molar-refractivity contribution in [3.05, 3.63) is 182 Å². The van der Waals surface area contributed by atoms with Crippen LogP contribution in [0.3, 0.4) is 0 Å². The molecule has 0 aromatic heterocycles. The van der Waals surface area contributed by atoms with Gasteiger partial charge in [0.05, 0.1) is 21.7 Å². The van der Waals surface area contributed by atoms with E-state index in [0.29, 0.717) is 50.6 Å². The molecule has 0 saturated carbocycles. The Morgan fingerprint density at radius 2 is 1.51 bits per heavy atom. The van der Waals surface area contributed by atoms with E-state index in [0.717, 1.165) is 27.8 Å². The maximum absolute atomic E-state index is 14.1. The van der Waals surface area contributed by atoms with Crippen molar-refractivity contribution in [1.82, 2.24) is 10.2 Å². The number of rotatable bonds is 11. The summed E-state index contributed by atoms with van der Waals surface area (Å²) in [5.74, 6) is -1.35. The van der Waals surface area contributed by atoms with Gasteiger partial charge in [-0.05, 0) is 112 Å². The molecule has 0 aliphatic carbocycles. The molecule has 10 nitrogen and oxygen atoms in total. The smallest absolute Gasteiger partial charge is 0.326 e. The molecule has 2 amide bonds. The highest BCUT2D eigenvalue weighted by Gasteiger charge is 2.38. The average molecular weight is 857 g/mol. The second-order valence-electron chi connectivity index (χ2n) is 14.7. The molecule has 0 spiro atoms. The van der Waals surface area contributed by atoms with Gasteiger partial charge < -0.3 is 29.5 Å². The number of ether oxygens (including phenoxy) is 3. The first kappa shape index (κ1) is 40.9. The molecule has 306 valence electrons. The van der Waals surface area contributed by atoms with Gasteiger partial charge in [0, 0.05) is 24.9 Å². The van der Waals surface area contributed by atoms with Crippen molar-refractivity contribution in [2.45, 2.75) is 44.2 Å². The maximum atomic E-state index is 14.1. The van der Waals surface area contributed by atoms with Crippen LogP contribution in [0, 0.1) is 17.1 Å². The van der Waals surface area contributed by atoms with Crippen LogP contribution >= 0.6 is 23.2 Å². The van der Waals surface area contributed by atoms with Crippen LogP contribution in [0.15, 0.2) is 127 Å². The van der Waals surface area contributed by atoms with Crippen LogP contribution in [-0.2, 0) is 35.6 Å². The average Bonchev–Trinajstić information content (AvgIpc) is 3.28. The van der Waals surface area contributed by atoms with Gasteiger partial charge in [0.2, 0.25) is 5.91 Å². The molecule has 61 heavy (non-hydrogen) atoms. The number of hydrogen-bond acceptors (Lipinski definition) is 7. The number of aliphatic carboxylic acids is 1. The first-order chi connectivity index (χ1) is 29.5. The van der Waals surface area contributed by atoms with Crippen molar-refractivity contribution in [2.75, 3.05) is 6.61 Å². The van der Waals surface area contributed by atoms with Gasteiger partial charge >= 0.3 is 5.97 Å². The Bertz CT molecular complexity index is 2650. The molecule has 6 aromatic carbocycles. The van der Waals surface area contributed by atoms with E-state index < -0.39 is 41.8 Å². The van der Waals surface area contributed by atoms with Crippen molar-refractivity contribution in [3.8, 4) is 34.4 Å². The predicted octanol–water partition coefficient (Wildman–Crippen LogP) is 9.14. The highest BCUT2D eigenvalue weighted by molar-refractivity contribution is 6.42. The van der Waals surface area contributed by atoms with Crippen LogP contribution in [0.1, 0.15) is 49.8 Å². The number of carboxylic acids is 1. The van der Waals surface area contributed by atoms with Crippen molar-refractivity contribution < 1.29 is 38.1 Å². The molecule has 6 aromatic rings. The molecule has 2 N–H and O–H groups in total. The minimum absolute atomic E-state index is 0.00957. The van der Waals surface area contributed by atoms with Crippen LogP contribution in [0.5, 0.6) is 17.2 Å². The van der Waals surface area contributed by atoms with Gasteiger partial charge in [-0.1, -0.05) is 77.8 Å². The minimum atomic E-state index is -1.31. The summed E-state index contributed by atoms with van der Waals surface area (Å²) in [7, 11) is 0. The number of nitrogens with zero attached hydrogens (tertiary/aromatic N) is 2. The normalized spacial score (nSPS) is 15.8. The molecule has 0 bridgehead atoms. The van der Waals surface area contributed by atoms with Crippen LogP contribution in [-0.4, -0.2) is 46.5 Å². The number of benzene rings is 6. The number of carbonyl (C=O) groups is 3. The van der Waals surface area contributed by atoms with E-state index in [1.54, 1.807) is 48.5 Å². The molecule has 8 rings (SSSR count). The molecule has 2 aliphatic rings. The van der Waals surface area contributed by atoms with Crippen molar-refractivity contribution >= 4 is 41.0 Å². The Morgan fingerprint density at radius 1 is 0.836 bits per heavy atom. The van der Waals surface area contributed by atoms with E-state index >= 15 is 0 Å². The van der Waals surface area contributed by atoms with Crippen LogP contribution < -0.4 is 19.5 Å². The summed E-state index contributed by atoms with van der Waals surface area (Å²) in [5, 5.41) is 22.9. The fraction of sp³-hybridized carbons (Fsp3) is 0.167. The van der Waals surface area contributed by atoms with E-state index in [1.165, 1.54) is 29.2 Å². The number of amides is 2. The maximum Gasteiger partial charge on any atom is 0.326 e. The van der Waals surface area contributed by atoms with Crippen LogP contribution in [0.4, 0.5) is 4.39 Å². The van der Waals surface area contributed by atoms with Gasteiger partial charge in [-0.2, -0.15) is 5.26 Å². The van der Waals surface area contributed by atoms with E-state index in [9.17, 15) is 23.9 Å². The summed E-state index contributed by atoms with van der Waals surface area (Å²) >= 11 is 12.2. The number of fused-ring (bicyclic) bond motifs is 2. The lowest BCUT2D eigenvalue weighted by atomic mass is 9.91. The minimum Gasteiger partial charge on any atom is -0.489 e. The van der Waals surface area contributed by atoms with Gasteiger partial charge in [-0.15, -0.1) is 0 Å². The van der Waals surface area contributed by atoms with Gasteiger partial charge in [-0.25, -0.2) is 9.18 Å². The number of nitriles is 1. The summed E-state index contributed by atoms with van der Waals surface area (Å²) in [6.07, 6.45) is -0.407. The largest absolute Gasteiger partial charge is 0.489 e. The summed E-state index contributed by atoms with van der Waals surface area (Å²) in [4.78, 5) is 42.1. The fourth-order valence-electron chi connectivity index (χ4n) is 7.37. The molecule has 2 aliphatic heterocycles. The highest BCUT2D eigenvalue weighted by atomic mass is 35.5. The van der Waals surface area contributed by atoms with Crippen molar-refractivity contribution in [1.29, 1.82) is 5.26 Å². The molecule has 0 radical (unpaired) electrons. The number of carboxylic acid groups (broad SMARTS) is 1. The topological polar surface area (TPSA) is 138 Å². The van der Waals surface area contributed by atoms with Gasteiger partial charge in [-0.3, -0.25) is 9.59 Å². The van der Waals surface area contributed by atoms with Crippen molar-refractivity contribution in [2.24, 2.45) is 0 Å². The standard InChI is InChI=1S/C48H36Cl2FN3O7/c49-39-18-5-30(19-40(39)50)26-59-38-16-12-33(13-17-38)45-27-60-43-22-35-21-42(54(25-36(35)23-44(43)61-45)47(56)34-10-14-37(51)15-11-34)46(55)53-41(48(57)58)20-28-1-6-31(7-2-28)32-8-3-29(24-52)4-9-32/h1-19,22-23,41-42,45H,20-21,25-27H2,(H,53,55)(H,57,58)/t41?,42-,45+/m0/s1. The molecule has 1 unspecified atom stereocenters. The summed E-state index contributed by atoms with van der Waals surface area (Å²) < 4.78 is 32.4.